The summed E-state index contributed by atoms with van der Waals surface area (Å²) in [6.45, 7) is 9.70. The number of ether oxygens (including phenoxy) is 3. The second kappa shape index (κ2) is 14.2. The van der Waals surface area contributed by atoms with Gasteiger partial charge in [-0.25, -0.2) is 0 Å². The van der Waals surface area contributed by atoms with Crippen molar-refractivity contribution in [3.8, 4) is 17.2 Å². The van der Waals surface area contributed by atoms with E-state index in [1.165, 1.54) is 0 Å². The van der Waals surface area contributed by atoms with Crippen LogP contribution in [0.15, 0.2) is 55.1 Å². The summed E-state index contributed by atoms with van der Waals surface area (Å²) in [7, 11) is 4.07. The maximum atomic E-state index is 12.7. The van der Waals surface area contributed by atoms with Gasteiger partial charge in [-0.15, -0.1) is 6.58 Å². The normalized spacial score (nSPS) is 13.5. The van der Waals surface area contributed by atoms with Crippen LogP contribution < -0.4 is 26.5 Å². The number of ketones is 1. The van der Waals surface area contributed by atoms with E-state index < -0.39 is 0 Å². The molecule has 36 heavy (non-hydrogen) atoms. The predicted molar refractivity (Wildman–Crippen MR) is 136 cm³/mol. The first-order valence-electron chi connectivity index (χ1n) is 12.2. The Balaban J connectivity index is 0.00000456. The van der Waals surface area contributed by atoms with Gasteiger partial charge in [-0.3, -0.25) is 9.59 Å². The summed E-state index contributed by atoms with van der Waals surface area (Å²) < 4.78 is 18.3. The number of para-hydroxylation sites is 1. The van der Waals surface area contributed by atoms with Gasteiger partial charge in [0.15, 0.2) is 23.8 Å². The minimum Gasteiger partial charge on any atom is -1.00 e. The Morgan fingerprint density at radius 1 is 1.11 bits per heavy atom. The Bertz CT molecular complexity index is 1020. The van der Waals surface area contributed by atoms with Crippen molar-refractivity contribution in [2.45, 2.75) is 19.8 Å². The summed E-state index contributed by atoms with van der Waals surface area (Å²) in [5, 5.41) is 0. The molecular weight excluding hydrogens is 524 g/mol. The van der Waals surface area contributed by atoms with Gasteiger partial charge in [-0.1, -0.05) is 25.1 Å². The molecule has 0 radical (unpaired) electrons. The lowest BCUT2D eigenvalue weighted by Gasteiger charge is -2.33. The van der Waals surface area contributed by atoms with Crippen molar-refractivity contribution in [2.24, 2.45) is 0 Å². The van der Waals surface area contributed by atoms with Crippen LogP contribution in [0, 0.1) is 0 Å². The quantitative estimate of drug-likeness (QED) is 0.221. The molecule has 2 aromatic rings. The topological polar surface area (TPSA) is 65.1 Å². The average molecular weight is 562 g/mol. The monoisotopic (exact) mass is 560 g/mol. The summed E-state index contributed by atoms with van der Waals surface area (Å²) in [4.78, 5) is 26.5. The first-order valence-corrected chi connectivity index (χ1v) is 12.2. The van der Waals surface area contributed by atoms with Crippen molar-refractivity contribution in [2.75, 3.05) is 60.1 Å². The lowest BCUT2D eigenvalue weighted by atomic mass is 10.1. The molecule has 0 saturated carbocycles. The molecule has 8 heteroatoms. The fourth-order valence-corrected chi connectivity index (χ4v) is 3.91. The fraction of sp³-hybridized carbons (Fsp3) is 0.429. The molecule has 0 aliphatic carbocycles. The molecule has 7 nitrogen and oxygen atoms in total. The van der Waals surface area contributed by atoms with Gasteiger partial charge >= 0.3 is 0 Å². The Labute approximate surface area is 225 Å². The van der Waals surface area contributed by atoms with E-state index in [-0.39, 0.29) is 28.7 Å². The van der Waals surface area contributed by atoms with Crippen LogP contribution >= 0.6 is 0 Å². The number of likely N-dealkylation sites (N-methyl/N-ethyl adjacent to an activating group) is 1. The van der Waals surface area contributed by atoms with Crippen LogP contribution in [0.25, 0.3) is 0 Å². The van der Waals surface area contributed by atoms with Crippen molar-refractivity contribution >= 4 is 11.7 Å². The van der Waals surface area contributed by atoms with Crippen LogP contribution in [0.5, 0.6) is 17.2 Å². The number of morpholine rings is 1. The summed E-state index contributed by atoms with van der Waals surface area (Å²) in [5.74, 6) is 2.14. The summed E-state index contributed by atoms with van der Waals surface area (Å²) in [6.07, 6.45) is 2.94. The summed E-state index contributed by atoms with van der Waals surface area (Å²) in [6, 6.07) is 12.9. The van der Waals surface area contributed by atoms with Crippen molar-refractivity contribution < 1.29 is 45.3 Å². The number of Topliss-reactive ketones (excluding diaryl/α,β-unsaturated/α-hetero) is 1. The van der Waals surface area contributed by atoms with Crippen LogP contribution in [-0.4, -0.2) is 81.2 Å². The largest absolute Gasteiger partial charge is 1.00 e. The number of amides is 1. The van der Waals surface area contributed by atoms with Crippen LogP contribution in [0.3, 0.4) is 0 Å². The van der Waals surface area contributed by atoms with E-state index in [0.717, 1.165) is 5.56 Å². The summed E-state index contributed by atoms with van der Waals surface area (Å²) >= 11 is 0. The third-order valence-electron chi connectivity index (χ3n) is 6.02. The molecule has 0 atom stereocenters. The van der Waals surface area contributed by atoms with Gasteiger partial charge in [0.2, 0.25) is 0 Å². The van der Waals surface area contributed by atoms with Gasteiger partial charge in [0.1, 0.15) is 18.9 Å². The standard InChI is InChI=1S/C28H37N2O5.BrH/c1-5-8-23-9-7-10-26(35-24-13-11-22(12-14-24)25(31)6-2)28(23)34-20-17-30(3,4)21-27(32)29-15-18-33-19-16-29;/h5,7,9-14H,1,6,8,15-21H2,2-4H3;1H/q+1;/p-1. The van der Waals surface area contributed by atoms with Gasteiger partial charge in [0.05, 0.1) is 27.3 Å². The van der Waals surface area contributed by atoms with Gasteiger partial charge < -0.3 is 40.6 Å². The molecule has 1 aliphatic heterocycles. The highest BCUT2D eigenvalue weighted by Gasteiger charge is 2.26. The minimum atomic E-state index is 0. The van der Waals surface area contributed by atoms with E-state index in [1.807, 2.05) is 50.2 Å². The Morgan fingerprint density at radius 3 is 2.44 bits per heavy atom. The number of allylic oxidation sites excluding steroid dienone is 1. The first kappa shape index (κ1) is 29.5. The highest BCUT2D eigenvalue weighted by molar-refractivity contribution is 5.95. The number of halogens is 1. The zero-order chi connectivity index (χ0) is 25.3. The van der Waals surface area contributed by atoms with E-state index in [4.69, 9.17) is 14.2 Å². The lowest BCUT2D eigenvalue weighted by molar-refractivity contribution is -0.882. The molecule has 0 N–H and O–H groups in total. The van der Waals surface area contributed by atoms with Crippen molar-refractivity contribution in [1.29, 1.82) is 0 Å². The van der Waals surface area contributed by atoms with Crippen LogP contribution in [0.1, 0.15) is 29.3 Å². The maximum absolute atomic E-state index is 12.7. The first-order chi connectivity index (χ1) is 16.8. The average Bonchev–Trinajstić information content (AvgIpc) is 2.86. The van der Waals surface area contributed by atoms with Crippen LogP contribution in [0.2, 0.25) is 0 Å². The minimum absolute atomic E-state index is 0. The van der Waals surface area contributed by atoms with Gasteiger partial charge in [0.25, 0.3) is 5.91 Å². The molecular formula is C28H37BrN2O5. The number of nitrogens with zero attached hydrogens (tertiary/aromatic N) is 2. The number of quaternary nitrogens is 1. The molecule has 1 fully saturated rings. The third kappa shape index (κ3) is 8.47. The number of benzene rings is 2. The molecule has 0 spiro atoms. The number of carbonyl (C=O) groups excluding carboxylic acids is 2. The second-order valence-electron chi connectivity index (χ2n) is 9.30. The molecule has 1 saturated heterocycles. The molecule has 2 aromatic carbocycles. The molecule has 0 aromatic heterocycles. The number of rotatable bonds is 12. The Kier molecular flexibility index (Phi) is 11.6. The maximum Gasteiger partial charge on any atom is 0.277 e. The van der Waals surface area contributed by atoms with E-state index in [9.17, 15) is 9.59 Å². The van der Waals surface area contributed by atoms with E-state index in [0.29, 0.717) is 86.1 Å². The molecule has 0 bridgehead atoms. The smallest absolute Gasteiger partial charge is 0.277 e. The zero-order valence-corrected chi connectivity index (χ0v) is 23.1. The van der Waals surface area contributed by atoms with Crippen LogP contribution in [-0.2, 0) is 16.0 Å². The lowest BCUT2D eigenvalue weighted by Crippen LogP contribution is -3.00. The van der Waals surface area contributed by atoms with Crippen molar-refractivity contribution in [3.05, 3.63) is 66.2 Å². The fourth-order valence-electron chi connectivity index (χ4n) is 3.91. The Hall–Kier alpha value is -2.68. The second-order valence-corrected chi connectivity index (χ2v) is 9.30. The summed E-state index contributed by atoms with van der Waals surface area (Å²) in [5.41, 5.74) is 1.65. The van der Waals surface area contributed by atoms with E-state index in [1.54, 1.807) is 24.3 Å². The predicted octanol–water partition coefficient (Wildman–Crippen LogP) is 1.12. The molecule has 0 unspecified atom stereocenters. The van der Waals surface area contributed by atoms with E-state index in [2.05, 4.69) is 6.58 Å². The molecule has 1 heterocycles. The zero-order valence-electron chi connectivity index (χ0n) is 21.5. The highest BCUT2D eigenvalue weighted by Crippen LogP contribution is 2.35. The number of carbonyl (C=O) groups is 2. The number of hydrogen-bond acceptors (Lipinski definition) is 5. The van der Waals surface area contributed by atoms with Crippen LogP contribution in [0.4, 0.5) is 0 Å². The molecule has 1 aliphatic rings. The van der Waals surface area contributed by atoms with Crippen molar-refractivity contribution in [3.63, 3.8) is 0 Å². The van der Waals surface area contributed by atoms with E-state index >= 15 is 0 Å². The molecule has 3 rings (SSSR count). The SMILES string of the molecule is C=CCc1cccc(Oc2ccc(C(=O)CC)cc2)c1OCC[N+](C)(C)CC(=O)N1CCOCC1.[Br-]. The van der Waals surface area contributed by atoms with Gasteiger partial charge in [-0.05, 0) is 36.8 Å². The third-order valence-corrected chi connectivity index (χ3v) is 6.02. The van der Waals surface area contributed by atoms with Gasteiger partial charge in [-0.2, -0.15) is 0 Å². The molecule has 1 amide bonds. The van der Waals surface area contributed by atoms with Crippen molar-refractivity contribution in [1.82, 2.24) is 4.90 Å². The number of hydrogen-bond donors (Lipinski definition) is 0. The highest BCUT2D eigenvalue weighted by atomic mass is 79.9. The van der Waals surface area contributed by atoms with Gasteiger partial charge in [0, 0.05) is 30.6 Å². The molecule has 196 valence electrons. The Morgan fingerprint density at radius 2 is 1.81 bits per heavy atom.